The van der Waals surface area contributed by atoms with Gasteiger partial charge in [0, 0.05) is 29.4 Å². The molecule has 8 nitrogen and oxygen atoms in total. The van der Waals surface area contributed by atoms with Gasteiger partial charge in [-0.3, -0.25) is 9.03 Å². The first-order chi connectivity index (χ1) is 17.2. The second-order valence-corrected chi connectivity index (χ2v) is 12.6. The van der Waals surface area contributed by atoms with E-state index >= 15 is 0 Å². The van der Waals surface area contributed by atoms with Crippen LogP contribution in [0.15, 0.2) is 77.8 Å². The Morgan fingerprint density at radius 2 is 1.72 bits per heavy atom. The molecule has 0 spiro atoms. The van der Waals surface area contributed by atoms with E-state index in [2.05, 4.69) is 14.7 Å². The highest BCUT2D eigenvalue weighted by Gasteiger charge is 2.25. The molecule has 4 aromatic rings. The average Bonchev–Trinajstić information content (AvgIpc) is 3.05. The third-order valence-electron chi connectivity index (χ3n) is 5.98. The summed E-state index contributed by atoms with van der Waals surface area (Å²) in [6, 6.07) is 18.1. The molecule has 11 heteroatoms. The van der Waals surface area contributed by atoms with Crippen LogP contribution in [0.2, 0.25) is 5.02 Å². The van der Waals surface area contributed by atoms with Crippen LogP contribution in [0.3, 0.4) is 0 Å². The Morgan fingerprint density at radius 1 is 0.944 bits per heavy atom. The summed E-state index contributed by atoms with van der Waals surface area (Å²) in [5.41, 5.74) is 1.99. The molecule has 0 radical (unpaired) electrons. The zero-order valence-corrected chi connectivity index (χ0v) is 21.5. The van der Waals surface area contributed by atoms with Gasteiger partial charge < -0.3 is 0 Å². The molecule has 1 aliphatic rings. The van der Waals surface area contributed by atoms with Crippen molar-refractivity contribution in [2.75, 3.05) is 21.3 Å². The summed E-state index contributed by atoms with van der Waals surface area (Å²) < 4.78 is 55.2. The van der Waals surface area contributed by atoms with Gasteiger partial charge in [-0.2, -0.15) is 0 Å². The van der Waals surface area contributed by atoms with Gasteiger partial charge in [0.15, 0.2) is 5.82 Å². The Kier molecular flexibility index (Phi) is 6.59. The summed E-state index contributed by atoms with van der Waals surface area (Å²) in [6.45, 7) is 0.386. The fourth-order valence-corrected chi connectivity index (χ4v) is 7.01. The summed E-state index contributed by atoms with van der Waals surface area (Å²) in [5.74, 6) is 0.469. The second kappa shape index (κ2) is 9.68. The molecular formula is C25H23ClN4O4S2. The lowest BCUT2D eigenvalue weighted by atomic mass is 10.1. The first-order valence-corrected chi connectivity index (χ1v) is 14.8. The van der Waals surface area contributed by atoms with E-state index in [0.29, 0.717) is 40.8 Å². The largest absolute Gasteiger partial charge is 0.280 e. The Morgan fingerprint density at radius 3 is 2.53 bits per heavy atom. The molecule has 0 unspecified atom stereocenters. The van der Waals surface area contributed by atoms with Gasteiger partial charge >= 0.3 is 0 Å². The van der Waals surface area contributed by atoms with E-state index in [4.69, 9.17) is 11.6 Å². The van der Waals surface area contributed by atoms with Crippen LogP contribution >= 0.6 is 11.6 Å². The molecule has 1 N–H and O–H groups in total. The van der Waals surface area contributed by atoms with Crippen LogP contribution in [0, 0.1) is 0 Å². The lowest BCUT2D eigenvalue weighted by Gasteiger charge is -2.22. The highest BCUT2D eigenvalue weighted by molar-refractivity contribution is 7.93. The number of fused-ring (bicyclic) bond motifs is 1. The van der Waals surface area contributed by atoms with Gasteiger partial charge in [-0.1, -0.05) is 36.2 Å². The van der Waals surface area contributed by atoms with E-state index in [1.807, 2.05) is 24.3 Å². The summed E-state index contributed by atoms with van der Waals surface area (Å²) in [5, 5.41) is 1.27. The van der Waals surface area contributed by atoms with E-state index in [0.717, 1.165) is 23.7 Å². The van der Waals surface area contributed by atoms with Crippen molar-refractivity contribution in [3.8, 4) is 11.4 Å². The van der Waals surface area contributed by atoms with Gasteiger partial charge in [0.25, 0.3) is 10.0 Å². The molecule has 1 aliphatic heterocycles. The number of aromatic nitrogens is 2. The highest BCUT2D eigenvalue weighted by Crippen LogP contribution is 2.31. The van der Waals surface area contributed by atoms with Crippen molar-refractivity contribution in [1.29, 1.82) is 0 Å². The number of para-hydroxylation sites is 1. The minimum Gasteiger partial charge on any atom is -0.280 e. The monoisotopic (exact) mass is 542 g/mol. The molecule has 1 aromatic heterocycles. The first kappa shape index (κ1) is 24.5. The molecule has 186 valence electrons. The molecule has 3 aromatic carbocycles. The van der Waals surface area contributed by atoms with Crippen LogP contribution < -0.4 is 9.03 Å². The second-order valence-electron chi connectivity index (χ2n) is 8.50. The first-order valence-electron chi connectivity index (χ1n) is 11.4. The number of nitrogens with one attached hydrogen (secondary N) is 1. The maximum atomic E-state index is 13.1. The van der Waals surface area contributed by atoms with Crippen LogP contribution in [0.4, 0.5) is 11.4 Å². The molecule has 0 saturated carbocycles. The van der Waals surface area contributed by atoms with Crippen molar-refractivity contribution in [2.24, 2.45) is 0 Å². The van der Waals surface area contributed by atoms with Crippen LogP contribution in [-0.4, -0.2) is 39.1 Å². The van der Waals surface area contributed by atoms with Crippen LogP contribution in [0.1, 0.15) is 19.3 Å². The van der Waals surface area contributed by atoms with Crippen molar-refractivity contribution in [3.63, 3.8) is 0 Å². The molecule has 1 fully saturated rings. The van der Waals surface area contributed by atoms with E-state index in [-0.39, 0.29) is 10.6 Å². The van der Waals surface area contributed by atoms with E-state index in [1.165, 1.54) is 28.6 Å². The molecule has 0 amide bonds. The number of halogens is 1. The van der Waals surface area contributed by atoms with Gasteiger partial charge in [-0.15, -0.1) is 0 Å². The molecule has 2 heterocycles. The smallest absolute Gasteiger partial charge is 0.261 e. The number of anilines is 2. The van der Waals surface area contributed by atoms with Crippen molar-refractivity contribution >= 4 is 53.9 Å². The SMILES string of the molecule is O=S(=O)(Nc1ccc(Cl)c(-c2ncc3ccccc3n2)c1)c1ccc(N2CCCCCS2(=O)=O)cc1. The number of rotatable bonds is 5. The van der Waals surface area contributed by atoms with E-state index < -0.39 is 20.0 Å². The fraction of sp³-hybridized carbons (Fsp3) is 0.200. The molecule has 0 aliphatic carbocycles. The van der Waals surface area contributed by atoms with Crippen molar-refractivity contribution in [1.82, 2.24) is 9.97 Å². The molecular weight excluding hydrogens is 520 g/mol. The number of hydrogen-bond acceptors (Lipinski definition) is 6. The van der Waals surface area contributed by atoms with Gasteiger partial charge in [-0.05, 0) is 61.4 Å². The number of benzene rings is 3. The van der Waals surface area contributed by atoms with Crippen LogP contribution in [0.5, 0.6) is 0 Å². The minimum atomic E-state index is -3.95. The zero-order chi connectivity index (χ0) is 25.3. The van der Waals surface area contributed by atoms with Crippen LogP contribution in [-0.2, 0) is 20.0 Å². The zero-order valence-electron chi connectivity index (χ0n) is 19.1. The average molecular weight is 543 g/mol. The van der Waals surface area contributed by atoms with E-state index in [9.17, 15) is 16.8 Å². The van der Waals surface area contributed by atoms with Crippen molar-refractivity contribution in [2.45, 2.75) is 24.2 Å². The maximum Gasteiger partial charge on any atom is 0.261 e. The fourth-order valence-electron chi connectivity index (χ4n) is 4.12. The lowest BCUT2D eigenvalue weighted by Crippen LogP contribution is -2.32. The maximum absolute atomic E-state index is 13.1. The third kappa shape index (κ3) is 5.02. The van der Waals surface area contributed by atoms with Crippen molar-refractivity contribution in [3.05, 3.63) is 77.9 Å². The topological polar surface area (TPSA) is 109 Å². The lowest BCUT2D eigenvalue weighted by molar-refractivity contribution is 0.592. The molecule has 0 atom stereocenters. The molecule has 0 bridgehead atoms. The predicted molar refractivity (Wildman–Crippen MR) is 142 cm³/mol. The van der Waals surface area contributed by atoms with Gasteiger partial charge in [-0.25, -0.2) is 26.8 Å². The minimum absolute atomic E-state index is 0.0110. The molecule has 36 heavy (non-hydrogen) atoms. The summed E-state index contributed by atoms with van der Waals surface area (Å²) in [6.07, 6.45) is 3.93. The van der Waals surface area contributed by atoms with Gasteiger partial charge in [0.2, 0.25) is 10.0 Å². The van der Waals surface area contributed by atoms with Gasteiger partial charge in [0.1, 0.15) is 0 Å². The Balaban J connectivity index is 1.41. The highest BCUT2D eigenvalue weighted by atomic mass is 35.5. The Hall–Kier alpha value is -3.21. The quantitative estimate of drug-likeness (QED) is 0.377. The number of sulfonamides is 2. The Bertz CT molecular complexity index is 1640. The Labute approximate surface area is 215 Å². The van der Waals surface area contributed by atoms with Crippen LogP contribution in [0.25, 0.3) is 22.3 Å². The third-order valence-corrected chi connectivity index (χ3v) is 9.58. The summed E-state index contributed by atoms with van der Waals surface area (Å²) in [4.78, 5) is 8.94. The molecule has 5 rings (SSSR count). The number of nitrogens with zero attached hydrogens (tertiary/aromatic N) is 3. The predicted octanol–water partition coefficient (Wildman–Crippen LogP) is 5.07. The summed E-state index contributed by atoms with van der Waals surface area (Å²) >= 11 is 6.39. The summed E-state index contributed by atoms with van der Waals surface area (Å²) in [7, 11) is -7.36. The normalized spacial score (nSPS) is 16.0. The van der Waals surface area contributed by atoms with Gasteiger partial charge in [0.05, 0.1) is 26.9 Å². The standard InChI is InChI=1S/C25H23ClN4O4S2/c26-23-13-8-19(16-22(23)25-27-17-18-6-2-3-7-24(18)28-25)29-36(33,34)21-11-9-20(10-12-21)30-14-4-1-5-15-35(30,31)32/h2-3,6-13,16-17,29H,1,4-5,14-15H2. The number of hydrogen-bond donors (Lipinski definition) is 1. The van der Waals surface area contributed by atoms with Crippen molar-refractivity contribution < 1.29 is 16.8 Å². The molecule has 1 saturated heterocycles. The van der Waals surface area contributed by atoms with E-state index in [1.54, 1.807) is 24.4 Å².